The summed E-state index contributed by atoms with van der Waals surface area (Å²) in [5, 5.41) is 3.82. The maximum Gasteiger partial charge on any atom is 0.359 e. The number of aromatic nitrogens is 2. The molecule has 0 N–H and O–H groups in total. The zero-order valence-corrected chi connectivity index (χ0v) is 8.66. The van der Waals surface area contributed by atoms with Crippen LogP contribution in [0.5, 0.6) is 0 Å². The molecule has 0 aliphatic rings. The van der Waals surface area contributed by atoms with Gasteiger partial charge in [-0.05, 0) is 15.9 Å². The van der Waals surface area contributed by atoms with E-state index < -0.39 is 5.97 Å². The Morgan fingerprint density at radius 1 is 1.69 bits per heavy atom. The van der Waals surface area contributed by atoms with Crippen molar-refractivity contribution in [3.63, 3.8) is 0 Å². The van der Waals surface area contributed by atoms with Crippen molar-refractivity contribution in [1.29, 1.82) is 0 Å². The minimum atomic E-state index is -0.622. The Labute approximate surface area is 82.8 Å². The number of nitrogens with zero attached hydrogens (tertiary/aromatic N) is 2. The van der Waals surface area contributed by atoms with Gasteiger partial charge in [0.15, 0.2) is 12.0 Å². The first-order valence-corrected chi connectivity index (χ1v) is 4.17. The molecule has 1 heterocycles. The average Bonchev–Trinajstić information content (AvgIpc) is 2.42. The molecule has 0 aromatic carbocycles. The highest BCUT2D eigenvalue weighted by Gasteiger charge is 2.20. The van der Waals surface area contributed by atoms with Gasteiger partial charge in [-0.25, -0.2) is 4.79 Å². The van der Waals surface area contributed by atoms with Crippen LogP contribution in [0, 0.1) is 0 Å². The number of rotatable bonds is 2. The van der Waals surface area contributed by atoms with Gasteiger partial charge in [0.05, 0.1) is 12.7 Å². The molecule has 1 aromatic heterocycles. The summed E-state index contributed by atoms with van der Waals surface area (Å²) in [6, 6.07) is 0. The van der Waals surface area contributed by atoms with E-state index in [4.69, 9.17) is 0 Å². The molecule has 0 fully saturated rings. The summed E-state index contributed by atoms with van der Waals surface area (Å²) in [7, 11) is 2.85. The van der Waals surface area contributed by atoms with E-state index in [0.29, 0.717) is 10.9 Å². The Hall–Kier alpha value is -1.17. The minimum Gasteiger partial charge on any atom is -0.464 e. The monoisotopic (exact) mass is 246 g/mol. The molecule has 0 spiro atoms. The molecule has 0 aliphatic carbocycles. The van der Waals surface area contributed by atoms with Crippen molar-refractivity contribution in [1.82, 2.24) is 9.78 Å². The predicted octanol–water partition coefficient (Wildman–Crippen LogP) is 0.782. The van der Waals surface area contributed by atoms with Gasteiger partial charge >= 0.3 is 5.97 Å². The summed E-state index contributed by atoms with van der Waals surface area (Å²) in [6.45, 7) is 0. The van der Waals surface area contributed by atoms with E-state index in [2.05, 4.69) is 25.8 Å². The normalized spacial score (nSPS) is 9.77. The van der Waals surface area contributed by atoms with Crippen molar-refractivity contribution >= 4 is 28.2 Å². The number of ether oxygens (including phenoxy) is 1. The summed E-state index contributed by atoms with van der Waals surface area (Å²) in [5.41, 5.74) is 0.223. The number of aldehydes is 1. The van der Waals surface area contributed by atoms with Gasteiger partial charge in [0, 0.05) is 7.05 Å². The SMILES string of the molecule is COC(=O)c1nn(C)c(Br)c1C=O. The average molecular weight is 247 g/mol. The van der Waals surface area contributed by atoms with Gasteiger partial charge in [-0.2, -0.15) is 5.10 Å². The number of hydrogen-bond acceptors (Lipinski definition) is 4. The predicted molar refractivity (Wildman–Crippen MR) is 47.6 cm³/mol. The van der Waals surface area contributed by atoms with E-state index in [-0.39, 0.29) is 11.3 Å². The van der Waals surface area contributed by atoms with Crippen molar-refractivity contribution in [2.24, 2.45) is 7.05 Å². The van der Waals surface area contributed by atoms with E-state index in [1.165, 1.54) is 11.8 Å². The number of aryl methyl sites for hydroxylation is 1. The molecular weight excluding hydrogens is 240 g/mol. The van der Waals surface area contributed by atoms with E-state index in [0.717, 1.165) is 0 Å². The number of hydrogen-bond donors (Lipinski definition) is 0. The molecule has 6 heteroatoms. The van der Waals surface area contributed by atoms with Crippen LogP contribution in [-0.4, -0.2) is 29.1 Å². The van der Waals surface area contributed by atoms with Crippen molar-refractivity contribution in [3.8, 4) is 0 Å². The van der Waals surface area contributed by atoms with Crippen LogP contribution in [0.3, 0.4) is 0 Å². The fourth-order valence-corrected chi connectivity index (χ4v) is 1.23. The lowest BCUT2D eigenvalue weighted by Crippen LogP contribution is -2.05. The van der Waals surface area contributed by atoms with Crippen LogP contribution < -0.4 is 0 Å². The number of halogens is 1. The molecule has 0 aliphatic heterocycles. The fraction of sp³-hybridized carbons (Fsp3) is 0.286. The van der Waals surface area contributed by atoms with Crippen LogP contribution in [0.1, 0.15) is 20.8 Å². The molecule has 0 amide bonds. The highest BCUT2D eigenvalue weighted by molar-refractivity contribution is 9.10. The van der Waals surface area contributed by atoms with Gasteiger partial charge < -0.3 is 4.74 Å². The molecule has 0 unspecified atom stereocenters. The summed E-state index contributed by atoms with van der Waals surface area (Å²) in [5.74, 6) is -0.622. The molecule has 0 saturated carbocycles. The Morgan fingerprint density at radius 2 is 2.31 bits per heavy atom. The van der Waals surface area contributed by atoms with Crippen LogP contribution in [0.4, 0.5) is 0 Å². The highest BCUT2D eigenvalue weighted by atomic mass is 79.9. The quantitative estimate of drug-likeness (QED) is 0.572. The third kappa shape index (κ3) is 1.62. The Kier molecular flexibility index (Phi) is 2.82. The zero-order valence-electron chi connectivity index (χ0n) is 7.07. The van der Waals surface area contributed by atoms with Gasteiger partial charge in [-0.3, -0.25) is 9.48 Å². The zero-order chi connectivity index (χ0) is 10.0. The van der Waals surface area contributed by atoms with Crippen molar-refractivity contribution in [2.75, 3.05) is 7.11 Å². The van der Waals surface area contributed by atoms with Crippen LogP contribution in [0.2, 0.25) is 0 Å². The molecule has 13 heavy (non-hydrogen) atoms. The minimum absolute atomic E-state index is 0.0203. The van der Waals surface area contributed by atoms with Crippen LogP contribution in [0.25, 0.3) is 0 Å². The van der Waals surface area contributed by atoms with E-state index in [1.54, 1.807) is 7.05 Å². The fourth-order valence-electron chi connectivity index (χ4n) is 0.872. The van der Waals surface area contributed by atoms with E-state index >= 15 is 0 Å². The summed E-state index contributed by atoms with van der Waals surface area (Å²) in [6.07, 6.45) is 0.559. The van der Waals surface area contributed by atoms with Crippen LogP contribution in [0.15, 0.2) is 4.60 Å². The molecule has 70 valence electrons. The lowest BCUT2D eigenvalue weighted by atomic mass is 10.3. The van der Waals surface area contributed by atoms with Crippen LogP contribution >= 0.6 is 15.9 Å². The molecule has 1 aromatic rings. The summed E-state index contributed by atoms with van der Waals surface area (Å²) < 4.78 is 6.30. The Bertz CT molecular complexity index is 359. The highest BCUT2D eigenvalue weighted by Crippen LogP contribution is 2.18. The van der Waals surface area contributed by atoms with Crippen molar-refractivity contribution in [2.45, 2.75) is 0 Å². The van der Waals surface area contributed by atoms with Gasteiger partial charge in [0.2, 0.25) is 0 Å². The maximum atomic E-state index is 11.1. The number of carbonyl (C=O) groups is 2. The molecular formula is C7H7BrN2O3. The molecule has 5 nitrogen and oxygen atoms in total. The van der Waals surface area contributed by atoms with Crippen LogP contribution in [-0.2, 0) is 11.8 Å². The van der Waals surface area contributed by atoms with Crippen molar-refractivity contribution in [3.05, 3.63) is 15.9 Å². The third-order valence-electron chi connectivity index (χ3n) is 1.51. The molecule has 0 radical (unpaired) electrons. The maximum absolute atomic E-state index is 11.1. The Balaban J connectivity index is 3.29. The number of esters is 1. The van der Waals surface area contributed by atoms with Gasteiger partial charge in [0.1, 0.15) is 4.60 Å². The largest absolute Gasteiger partial charge is 0.464 e. The summed E-state index contributed by atoms with van der Waals surface area (Å²) >= 11 is 3.12. The third-order valence-corrected chi connectivity index (χ3v) is 2.45. The molecule has 0 bridgehead atoms. The second-order valence-electron chi connectivity index (χ2n) is 2.29. The molecule has 0 saturated heterocycles. The molecule has 0 atom stereocenters. The first-order valence-electron chi connectivity index (χ1n) is 3.37. The van der Waals surface area contributed by atoms with Gasteiger partial charge in [-0.1, -0.05) is 0 Å². The standard InChI is InChI=1S/C7H7BrN2O3/c1-10-6(8)4(3-11)5(9-10)7(12)13-2/h3H,1-2H3. The Morgan fingerprint density at radius 3 is 2.77 bits per heavy atom. The lowest BCUT2D eigenvalue weighted by Gasteiger charge is -1.92. The van der Waals surface area contributed by atoms with E-state index in [9.17, 15) is 9.59 Å². The first-order chi connectivity index (χ1) is 6.11. The molecule has 1 rings (SSSR count). The van der Waals surface area contributed by atoms with E-state index in [1.807, 2.05) is 0 Å². The number of carbonyl (C=O) groups excluding carboxylic acids is 2. The lowest BCUT2D eigenvalue weighted by molar-refractivity contribution is 0.0591. The second kappa shape index (κ2) is 3.69. The van der Waals surface area contributed by atoms with Crippen molar-refractivity contribution < 1.29 is 14.3 Å². The van der Waals surface area contributed by atoms with Gasteiger partial charge in [-0.15, -0.1) is 0 Å². The first kappa shape index (κ1) is 9.91. The summed E-state index contributed by atoms with van der Waals surface area (Å²) in [4.78, 5) is 21.7. The van der Waals surface area contributed by atoms with Gasteiger partial charge in [0.25, 0.3) is 0 Å². The smallest absolute Gasteiger partial charge is 0.359 e. The second-order valence-corrected chi connectivity index (χ2v) is 3.04. The topological polar surface area (TPSA) is 61.2 Å². The number of methoxy groups -OCH3 is 1.